The molecule has 0 unspecified atom stereocenters. The van der Waals surface area contributed by atoms with Gasteiger partial charge in [0.1, 0.15) is 5.82 Å². The SMILES string of the molecule is CC(C)Nc1ccc(C(=O)NCCc2c[nH]c3ccccc23)nn1. The molecule has 24 heavy (non-hydrogen) atoms. The van der Waals surface area contributed by atoms with Gasteiger partial charge in [-0.1, -0.05) is 18.2 Å². The highest BCUT2D eigenvalue weighted by Crippen LogP contribution is 2.17. The lowest BCUT2D eigenvalue weighted by molar-refractivity contribution is 0.0948. The monoisotopic (exact) mass is 323 g/mol. The van der Waals surface area contributed by atoms with Crippen LogP contribution in [0.2, 0.25) is 0 Å². The first kappa shape index (κ1) is 16.0. The van der Waals surface area contributed by atoms with E-state index in [-0.39, 0.29) is 11.9 Å². The third-order valence-corrected chi connectivity index (χ3v) is 3.69. The van der Waals surface area contributed by atoms with E-state index in [4.69, 9.17) is 0 Å². The van der Waals surface area contributed by atoms with Gasteiger partial charge < -0.3 is 15.6 Å². The van der Waals surface area contributed by atoms with Crippen molar-refractivity contribution in [2.45, 2.75) is 26.3 Å². The predicted octanol–water partition coefficient (Wildman–Crippen LogP) is 2.75. The first-order valence-electron chi connectivity index (χ1n) is 8.07. The Kier molecular flexibility index (Phi) is 4.74. The van der Waals surface area contributed by atoms with Gasteiger partial charge >= 0.3 is 0 Å². The standard InChI is InChI=1S/C18H21N5O/c1-12(2)21-17-8-7-16(22-23-17)18(24)19-10-9-13-11-20-15-6-4-3-5-14(13)15/h3-8,11-12,20H,9-10H2,1-2H3,(H,19,24)(H,21,23). The molecule has 1 amide bonds. The number of aromatic nitrogens is 3. The molecule has 0 radical (unpaired) electrons. The van der Waals surface area contributed by atoms with Crippen LogP contribution >= 0.6 is 0 Å². The first-order valence-corrected chi connectivity index (χ1v) is 8.07. The Labute approximate surface area is 140 Å². The molecule has 0 atom stereocenters. The molecule has 6 heteroatoms. The largest absolute Gasteiger partial charge is 0.366 e. The van der Waals surface area contributed by atoms with Crippen molar-refractivity contribution >= 4 is 22.6 Å². The Morgan fingerprint density at radius 2 is 2.00 bits per heavy atom. The van der Waals surface area contributed by atoms with Crippen LogP contribution in [-0.4, -0.2) is 33.7 Å². The summed E-state index contributed by atoms with van der Waals surface area (Å²) in [4.78, 5) is 15.4. The first-order chi connectivity index (χ1) is 11.6. The number of hydrogen-bond acceptors (Lipinski definition) is 4. The highest BCUT2D eigenvalue weighted by molar-refractivity contribution is 5.92. The lowest BCUT2D eigenvalue weighted by Crippen LogP contribution is -2.27. The van der Waals surface area contributed by atoms with E-state index in [0.717, 1.165) is 11.9 Å². The molecule has 0 spiro atoms. The fraction of sp³-hybridized carbons (Fsp3) is 0.278. The summed E-state index contributed by atoms with van der Waals surface area (Å²) in [5.74, 6) is 0.457. The van der Waals surface area contributed by atoms with Crippen LogP contribution in [0.4, 0.5) is 5.82 Å². The number of carbonyl (C=O) groups is 1. The Morgan fingerprint density at radius 1 is 1.17 bits per heavy atom. The van der Waals surface area contributed by atoms with E-state index in [0.29, 0.717) is 18.1 Å². The summed E-state index contributed by atoms with van der Waals surface area (Å²) < 4.78 is 0. The molecule has 124 valence electrons. The summed E-state index contributed by atoms with van der Waals surface area (Å²) in [7, 11) is 0. The average molecular weight is 323 g/mol. The molecule has 0 aliphatic heterocycles. The smallest absolute Gasteiger partial charge is 0.271 e. The van der Waals surface area contributed by atoms with E-state index >= 15 is 0 Å². The van der Waals surface area contributed by atoms with Crippen LogP contribution in [0, 0.1) is 0 Å². The van der Waals surface area contributed by atoms with Crippen molar-refractivity contribution in [1.82, 2.24) is 20.5 Å². The number of nitrogens with zero attached hydrogens (tertiary/aromatic N) is 2. The number of fused-ring (bicyclic) bond motifs is 1. The minimum atomic E-state index is -0.210. The van der Waals surface area contributed by atoms with Crippen molar-refractivity contribution in [2.24, 2.45) is 0 Å². The van der Waals surface area contributed by atoms with Gasteiger partial charge in [-0.2, -0.15) is 0 Å². The molecule has 0 fully saturated rings. The van der Waals surface area contributed by atoms with Crippen molar-refractivity contribution in [1.29, 1.82) is 0 Å². The maximum atomic E-state index is 12.1. The molecule has 1 aromatic carbocycles. The Hall–Kier alpha value is -2.89. The van der Waals surface area contributed by atoms with Gasteiger partial charge in [-0.25, -0.2) is 0 Å². The molecule has 0 aliphatic rings. The zero-order valence-corrected chi connectivity index (χ0v) is 13.8. The van der Waals surface area contributed by atoms with Crippen LogP contribution in [0.15, 0.2) is 42.6 Å². The lowest BCUT2D eigenvalue weighted by atomic mass is 10.1. The second kappa shape index (κ2) is 7.12. The van der Waals surface area contributed by atoms with Crippen LogP contribution in [0.3, 0.4) is 0 Å². The number of hydrogen-bond donors (Lipinski definition) is 3. The van der Waals surface area contributed by atoms with Gasteiger partial charge in [-0.05, 0) is 44.0 Å². The third kappa shape index (κ3) is 3.71. The van der Waals surface area contributed by atoms with Crippen molar-refractivity contribution < 1.29 is 4.79 Å². The number of benzene rings is 1. The van der Waals surface area contributed by atoms with Gasteiger partial charge in [0.15, 0.2) is 5.69 Å². The molecule has 0 saturated carbocycles. The van der Waals surface area contributed by atoms with Gasteiger partial charge in [0.25, 0.3) is 5.91 Å². The van der Waals surface area contributed by atoms with Crippen LogP contribution in [0.25, 0.3) is 10.9 Å². The molecule has 2 heterocycles. The number of anilines is 1. The van der Waals surface area contributed by atoms with Gasteiger partial charge in [-0.3, -0.25) is 4.79 Å². The fourth-order valence-corrected chi connectivity index (χ4v) is 2.57. The predicted molar refractivity (Wildman–Crippen MR) is 95.1 cm³/mol. The molecule has 3 aromatic rings. The van der Waals surface area contributed by atoms with Crippen LogP contribution in [0.5, 0.6) is 0 Å². The van der Waals surface area contributed by atoms with Crippen molar-refractivity contribution in [3.63, 3.8) is 0 Å². The normalized spacial score (nSPS) is 11.0. The number of aromatic amines is 1. The van der Waals surface area contributed by atoms with E-state index in [2.05, 4.69) is 31.9 Å². The minimum absolute atomic E-state index is 0.210. The summed E-state index contributed by atoms with van der Waals surface area (Å²) in [6.45, 7) is 4.59. The number of nitrogens with one attached hydrogen (secondary N) is 3. The molecule has 0 bridgehead atoms. The zero-order valence-electron chi connectivity index (χ0n) is 13.8. The number of carbonyl (C=O) groups excluding carboxylic acids is 1. The lowest BCUT2D eigenvalue weighted by Gasteiger charge is -2.08. The molecule has 6 nitrogen and oxygen atoms in total. The van der Waals surface area contributed by atoms with E-state index in [9.17, 15) is 4.79 Å². The summed E-state index contributed by atoms with van der Waals surface area (Å²) in [6, 6.07) is 11.9. The quantitative estimate of drug-likeness (QED) is 0.651. The topological polar surface area (TPSA) is 82.7 Å². The molecule has 0 saturated heterocycles. The third-order valence-electron chi connectivity index (χ3n) is 3.69. The highest BCUT2D eigenvalue weighted by atomic mass is 16.1. The number of amides is 1. The average Bonchev–Trinajstić information content (AvgIpc) is 2.98. The zero-order chi connectivity index (χ0) is 16.9. The molecular weight excluding hydrogens is 302 g/mol. The summed E-state index contributed by atoms with van der Waals surface area (Å²) in [5, 5.41) is 15.2. The number of rotatable bonds is 6. The van der Waals surface area contributed by atoms with Gasteiger partial charge in [0.2, 0.25) is 0 Å². The summed E-state index contributed by atoms with van der Waals surface area (Å²) in [5.41, 5.74) is 2.62. The Bertz CT molecular complexity index is 823. The Morgan fingerprint density at radius 3 is 2.75 bits per heavy atom. The summed E-state index contributed by atoms with van der Waals surface area (Å²) >= 11 is 0. The number of para-hydroxylation sites is 1. The van der Waals surface area contributed by atoms with Crippen LogP contribution < -0.4 is 10.6 Å². The molecule has 0 aliphatic carbocycles. The van der Waals surface area contributed by atoms with E-state index in [1.54, 1.807) is 12.1 Å². The van der Waals surface area contributed by atoms with Crippen LogP contribution in [-0.2, 0) is 6.42 Å². The highest BCUT2D eigenvalue weighted by Gasteiger charge is 2.09. The van der Waals surface area contributed by atoms with E-state index < -0.39 is 0 Å². The Balaban J connectivity index is 1.55. The number of H-pyrrole nitrogens is 1. The second-order valence-corrected chi connectivity index (χ2v) is 5.97. The van der Waals surface area contributed by atoms with Gasteiger partial charge in [0, 0.05) is 29.7 Å². The van der Waals surface area contributed by atoms with Crippen molar-refractivity contribution in [3.8, 4) is 0 Å². The second-order valence-electron chi connectivity index (χ2n) is 5.97. The van der Waals surface area contributed by atoms with E-state index in [1.807, 2.05) is 38.2 Å². The van der Waals surface area contributed by atoms with Crippen molar-refractivity contribution in [3.05, 3.63) is 53.9 Å². The molecular formula is C18H21N5O. The van der Waals surface area contributed by atoms with Crippen molar-refractivity contribution in [2.75, 3.05) is 11.9 Å². The fourth-order valence-electron chi connectivity index (χ4n) is 2.57. The molecule has 3 rings (SSSR count). The molecule has 3 N–H and O–H groups in total. The van der Waals surface area contributed by atoms with Gasteiger partial charge in [0.05, 0.1) is 0 Å². The van der Waals surface area contributed by atoms with Gasteiger partial charge in [-0.15, -0.1) is 10.2 Å². The maximum Gasteiger partial charge on any atom is 0.271 e. The molecule has 2 aromatic heterocycles. The van der Waals surface area contributed by atoms with E-state index in [1.165, 1.54) is 10.9 Å². The van der Waals surface area contributed by atoms with Crippen LogP contribution in [0.1, 0.15) is 29.9 Å². The maximum absolute atomic E-state index is 12.1. The minimum Gasteiger partial charge on any atom is -0.366 e. The summed E-state index contributed by atoms with van der Waals surface area (Å²) in [6.07, 6.45) is 2.75.